The van der Waals surface area contributed by atoms with Crippen molar-refractivity contribution in [1.82, 2.24) is 20.4 Å². The number of hydrogen-bond donors (Lipinski definition) is 1. The van der Waals surface area contributed by atoms with E-state index in [-0.39, 0.29) is 11.3 Å². The fraction of sp³-hybridized carbons (Fsp3) is 0.300. The lowest BCUT2D eigenvalue weighted by Crippen LogP contribution is -2.74. The van der Waals surface area contributed by atoms with Crippen molar-refractivity contribution in [1.29, 1.82) is 0 Å². The summed E-state index contributed by atoms with van der Waals surface area (Å²) in [6.07, 6.45) is 5.35. The van der Waals surface area contributed by atoms with E-state index in [4.69, 9.17) is 16.6 Å². The van der Waals surface area contributed by atoms with Gasteiger partial charge in [0.15, 0.2) is 11.4 Å². The molecule has 4 heterocycles. The molecule has 2 atom stereocenters. The second kappa shape index (κ2) is 6.16. The fourth-order valence-electron chi connectivity index (χ4n) is 3.23. The Labute approximate surface area is 163 Å². The molecular formula is C20H20ClN5O. The van der Waals surface area contributed by atoms with Gasteiger partial charge in [0.1, 0.15) is 11.1 Å². The molecule has 6 nitrogen and oxygen atoms in total. The number of carbonyl (C=O) groups is 1. The van der Waals surface area contributed by atoms with E-state index in [2.05, 4.69) is 36.2 Å². The molecule has 27 heavy (non-hydrogen) atoms. The predicted molar refractivity (Wildman–Crippen MR) is 104 cm³/mol. The van der Waals surface area contributed by atoms with Gasteiger partial charge in [0.05, 0.1) is 5.69 Å². The number of alkyl halides is 1. The summed E-state index contributed by atoms with van der Waals surface area (Å²) in [6, 6.07) is 11.2. The maximum Gasteiger partial charge on any atom is 0.263 e. The number of β-lactam (4-membered cyclic amide) rings is 1. The van der Waals surface area contributed by atoms with E-state index >= 15 is 0 Å². The molecule has 0 radical (unpaired) electrons. The summed E-state index contributed by atoms with van der Waals surface area (Å²) >= 11 is 6.56. The van der Waals surface area contributed by atoms with Crippen molar-refractivity contribution in [3.05, 3.63) is 72.0 Å². The third-order valence-corrected chi connectivity index (χ3v) is 5.27. The van der Waals surface area contributed by atoms with E-state index < -0.39 is 10.9 Å². The number of nitrogens with zero attached hydrogens (tertiary/aromatic N) is 4. The SMILES string of the molecule is CC(C)(C)C1=CC2(c3ccccn3)C(Cl)C(=O)N2NC(c2ccccn2)=N1. The average Bonchev–Trinajstić information content (AvgIpc) is 2.85. The van der Waals surface area contributed by atoms with E-state index in [1.807, 2.05) is 42.5 Å². The quantitative estimate of drug-likeness (QED) is 0.641. The van der Waals surface area contributed by atoms with Crippen LogP contribution in [0.25, 0.3) is 0 Å². The first kappa shape index (κ1) is 17.7. The number of hydrogen-bond acceptors (Lipinski definition) is 5. The van der Waals surface area contributed by atoms with E-state index in [0.29, 0.717) is 17.2 Å². The topological polar surface area (TPSA) is 70.5 Å². The van der Waals surface area contributed by atoms with E-state index in [0.717, 1.165) is 5.70 Å². The Balaban J connectivity index is 1.91. The fourth-order valence-corrected chi connectivity index (χ4v) is 3.60. The van der Waals surface area contributed by atoms with Gasteiger partial charge in [0, 0.05) is 23.5 Å². The minimum atomic E-state index is -0.914. The molecule has 1 N–H and O–H groups in total. The van der Waals surface area contributed by atoms with Crippen molar-refractivity contribution in [2.75, 3.05) is 0 Å². The summed E-state index contributed by atoms with van der Waals surface area (Å²) in [5, 5.41) is 0.745. The van der Waals surface area contributed by atoms with Gasteiger partial charge >= 0.3 is 0 Å². The summed E-state index contributed by atoms with van der Waals surface area (Å²) in [5.74, 6) is 0.281. The maximum atomic E-state index is 12.7. The van der Waals surface area contributed by atoms with Crippen LogP contribution in [0.15, 0.2) is 65.6 Å². The first-order chi connectivity index (χ1) is 12.8. The molecule has 0 bridgehead atoms. The van der Waals surface area contributed by atoms with E-state index in [9.17, 15) is 4.79 Å². The summed E-state index contributed by atoms with van der Waals surface area (Å²) in [4.78, 5) is 26.3. The van der Waals surface area contributed by atoms with Gasteiger partial charge in [-0.1, -0.05) is 32.9 Å². The van der Waals surface area contributed by atoms with Gasteiger partial charge in [-0.3, -0.25) is 20.2 Å². The van der Waals surface area contributed by atoms with Crippen LogP contribution in [0.1, 0.15) is 32.2 Å². The number of allylic oxidation sites excluding steroid dienone is 1. The molecule has 2 aliphatic rings. The molecule has 7 heteroatoms. The van der Waals surface area contributed by atoms with Crippen LogP contribution in [0.4, 0.5) is 0 Å². The minimum absolute atomic E-state index is 0.225. The first-order valence-corrected chi connectivity index (χ1v) is 9.17. The number of rotatable bonds is 2. The second-order valence-electron chi connectivity index (χ2n) is 7.64. The molecule has 2 aromatic rings. The Hall–Kier alpha value is -2.73. The van der Waals surface area contributed by atoms with Crippen LogP contribution in [0, 0.1) is 5.41 Å². The first-order valence-electron chi connectivity index (χ1n) is 8.74. The van der Waals surface area contributed by atoms with Gasteiger partial charge in [0.2, 0.25) is 0 Å². The van der Waals surface area contributed by atoms with Gasteiger partial charge in [-0.05, 0) is 30.3 Å². The van der Waals surface area contributed by atoms with Crippen LogP contribution in [0.3, 0.4) is 0 Å². The summed E-state index contributed by atoms with van der Waals surface area (Å²) in [6.45, 7) is 6.22. The highest BCUT2D eigenvalue weighted by atomic mass is 35.5. The molecule has 1 amide bonds. The Bertz CT molecular complexity index is 936. The number of nitrogens with one attached hydrogen (secondary N) is 1. The Morgan fingerprint density at radius 3 is 2.41 bits per heavy atom. The summed E-state index contributed by atoms with van der Waals surface area (Å²) in [5.41, 5.74) is 4.11. The lowest BCUT2D eigenvalue weighted by Gasteiger charge is -2.52. The molecule has 1 fully saturated rings. The Morgan fingerprint density at radius 1 is 1.11 bits per heavy atom. The van der Waals surface area contributed by atoms with Crippen molar-refractivity contribution in [2.45, 2.75) is 31.7 Å². The normalized spacial score (nSPS) is 24.8. The van der Waals surface area contributed by atoms with Crippen molar-refractivity contribution in [3.63, 3.8) is 0 Å². The van der Waals surface area contributed by atoms with Gasteiger partial charge < -0.3 is 0 Å². The van der Waals surface area contributed by atoms with Crippen molar-refractivity contribution < 1.29 is 4.79 Å². The summed E-state index contributed by atoms with van der Waals surface area (Å²) in [7, 11) is 0. The van der Waals surface area contributed by atoms with Crippen LogP contribution >= 0.6 is 11.6 Å². The molecule has 2 unspecified atom stereocenters. The largest absolute Gasteiger partial charge is 0.276 e. The molecule has 0 saturated carbocycles. The number of hydrazine groups is 1. The number of amidine groups is 1. The smallest absolute Gasteiger partial charge is 0.263 e. The average molecular weight is 382 g/mol. The van der Waals surface area contributed by atoms with Crippen LogP contribution in [0.5, 0.6) is 0 Å². The van der Waals surface area contributed by atoms with Gasteiger partial charge in [-0.15, -0.1) is 11.6 Å². The van der Waals surface area contributed by atoms with Gasteiger partial charge in [0.25, 0.3) is 5.91 Å². The monoisotopic (exact) mass is 381 g/mol. The molecule has 4 rings (SSSR count). The minimum Gasteiger partial charge on any atom is -0.276 e. The Morgan fingerprint density at radius 2 is 1.81 bits per heavy atom. The van der Waals surface area contributed by atoms with Gasteiger partial charge in [-0.25, -0.2) is 10.0 Å². The van der Waals surface area contributed by atoms with E-state index in [1.165, 1.54) is 5.01 Å². The van der Waals surface area contributed by atoms with Crippen molar-refractivity contribution in [2.24, 2.45) is 10.4 Å². The highest BCUT2D eigenvalue weighted by Gasteiger charge is 2.62. The predicted octanol–water partition coefficient (Wildman–Crippen LogP) is 3.02. The molecular weight excluding hydrogens is 362 g/mol. The zero-order chi connectivity index (χ0) is 19.2. The maximum absolute atomic E-state index is 12.7. The van der Waals surface area contributed by atoms with Crippen molar-refractivity contribution in [3.8, 4) is 0 Å². The van der Waals surface area contributed by atoms with E-state index in [1.54, 1.807) is 12.4 Å². The number of halogens is 1. The molecule has 2 aliphatic heterocycles. The molecule has 1 saturated heterocycles. The van der Waals surface area contributed by atoms with Crippen LogP contribution < -0.4 is 5.43 Å². The molecule has 138 valence electrons. The highest BCUT2D eigenvalue weighted by Crippen LogP contribution is 2.47. The van der Waals surface area contributed by atoms with Crippen molar-refractivity contribution >= 4 is 23.3 Å². The summed E-state index contributed by atoms with van der Waals surface area (Å²) < 4.78 is 0. The zero-order valence-corrected chi connectivity index (χ0v) is 16.1. The number of pyridine rings is 2. The lowest BCUT2D eigenvalue weighted by molar-refractivity contribution is -0.156. The standard InChI is InChI=1S/C20H20ClN5O/c1-19(2,3)15-12-20(14-9-5-7-11-23-14)16(21)18(27)26(20)25-17(24-15)13-8-4-6-10-22-13/h4-12,16H,1-3H3,(H,24,25). The molecule has 2 aromatic heterocycles. The van der Waals surface area contributed by atoms with Gasteiger partial charge in [-0.2, -0.15) is 0 Å². The van der Waals surface area contributed by atoms with Crippen LogP contribution in [-0.2, 0) is 10.3 Å². The highest BCUT2D eigenvalue weighted by molar-refractivity contribution is 6.34. The molecule has 0 spiro atoms. The number of aromatic nitrogens is 2. The number of aliphatic imine (C=N–C) groups is 1. The lowest BCUT2D eigenvalue weighted by atomic mass is 9.78. The number of carbonyl (C=O) groups excluding carboxylic acids is 1. The zero-order valence-electron chi connectivity index (χ0n) is 15.3. The molecule has 0 aromatic carbocycles. The number of amides is 1. The van der Waals surface area contributed by atoms with Crippen LogP contribution in [0.2, 0.25) is 0 Å². The molecule has 0 aliphatic carbocycles. The third-order valence-electron chi connectivity index (χ3n) is 4.75. The second-order valence-corrected chi connectivity index (χ2v) is 8.08. The Kier molecular flexibility index (Phi) is 4.03. The third kappa shape index (κ3) is 2.72. The van der Waals surface area contributed by atoms with Crippen LogP contribution in [-0.4, -0.2) is 32.1 Å². The number of fused-ring (bicyclic) bond motifs is 1.